The van der Waals surface area contributed by atoms with Gasteiger partial charge in [0.25, 0.3) is 0 Å². The number of carbonyl (C=O) groups excluding carboxylic acids is 3. The lowest BCUT2D eigenvalue weighted by Crippen LogP contribution is -2.34. The Bertz CT molecular complexity index is 643. The van der Waals surface area contributed by atoms with Gasteiger partial charge in [-0.15, -0.1) is 0 Å². The van der Waals surface area contributed by atoms with Crippen molar-refractivity contribution in [2.75, 3.05) is 33.5 Å². The predicted molar refractivity (Wildman–Crippen MR) is 101 cm³/mol. The van der Waals surface area contributed by atoms with Crippen molar-refractivity contribution in [2.45, 2.75) is 32.3 Å². The van der Waals surface area contributed by atoms with Crippen LogP contribution in [0, 0.1) is 11.8 Å². The van der Waals surface area contributed by atoms with Crippen LogP contribution in [0.5, 0.6) is 0 Å². The minimum Gasteiger partial charge on any atom is -0.462 e. The van der Waals surface area contributed by atoms with Gasteiger partial charge in [-0.3, -0.25) is 14.4 Å². The fourth-order valence-electron chi connectivity index (χ4n) is 3.26. The molecule has 2 rings (SSSR count). The zero-order chi connectivity index (χ0) is 20.4. The molecule has 7 heteroatoms. The van der Waals surface area contributed by atoms with Gasteiger partial charge in [0.2, 0.25) is 0 Å². The topological polar surface area (TPSA) is 88.1 Å². The number of esters is 2. The molecular weight excluding hydrogens is 364 g/mol. The quantitative estimate of drug-likeness (QED) is 0.325. The first-order valence-electron chi connectivity index (χ1n) is 9.57. The molecule has 154 valence electrons. The molecule has 0 heterocycles. The molecule has 1 aliphatic rings. The molecule has 0 N–H and O–H groups in total. The second-order valence-electron chi connectivity index (χ2n) is 6.69. The van der Waals surface area contributed by atoms with Crippen LogP contribution >= 0.6 is 0 Å². The predicted octanol–water partition coefficient (Wildman–Crippen LogP) is 2.42. The van der Waals surface area contributed by atoms with Gasteiger partial charge in [0.1, 0.15) is 6.10 Å². The first-order valence-corrected chi connectivity index (χ1v) is 9.57. The molecule has 0 saturated heterocycles. The molecule has 3 atom stereocenters. The summed E-state index contributed by atoms with van der Waals surface area (Å²) in [5.74, 6) is -1.79. The molecular formula is C21H28O7. The summed E-state index contributed by atoms with van der Waals surface area (Å²) in [5, 5.41) is 0. The number of methoxy groups -OCH3 is 1. The van der Waals surface area contributed by atoms with Crippen LogP contribution in [0.2, 0.25) is 0 Å². The van der Waals surface area contributed by atoms with Crippen molar-refractivity contribution in [2.24, 2.45) is 11.8 Å². The second-order valence-corrected chi connectivity index (χ2v) is 6.69. The number of rotatable bonds is 11. The highest BCUT2D eigenvalue weighted by Gasteiger charge is 2.43. The van der Waals surface area contributed by atoms with Crippen molar-refractivity contribution in [1.29, 1.82) is 0 Å². The van der Waals surface area contributed by atoms with E-state index in [1.165, 1.54) is 0 Å². The summed E-state index contributed by atoms with van der Waals surface area (Å²) in [4.78, 5) is 36.4. The van der Waals surface area contributed by atoms with Gasteiger partial charge in [-0.25, -0.2) is 0 Å². The fraction of sp³-hybridized carbons (Fsp3) is 0.571. The number of Topliss-reactive ketones (excluding diaryl/α,β-unsaturated/α-hetero) is 1. The lowest BCUT2D eigenvalue weighted by atomic mass is 9.95. The van der Waals surface area contributed by atoms with E-state index in [1.54, 1.807) is 38.3 Å². The molecule has 0 radical (unpaired) electrons. The van der Waals surface area contributed by atoms with Crippen LogP contribution in [0.4, 0.5) is 0 Å². The monoisotopic (exact) mass is 392 g/mol. The Morgan fingerprint density at radius 1 is 1.07 bits per heavy atom. The highest BCUT2D eigenvalue weighted by molar-refractivity contribution is 5.98. The maximum atomic E-state index is 12.6. The summed E-state index contributed by atoms with van der Waals surface area (Å²) in [6.45, 7) is 2.50. The normalized spacial score (nSPS) is 21.3. The Kier molecular flexibility index (Phi) is 9.10. The van der Waals surface area contributed by atoms with Crippen LogP contribution in [0.1, 0.15) is 36.5 Å². The van der Waals surface area contributed by atoms with Gasteiger partial charge in [-0.2, -0.15) is 0 Å². The summed E-state index contributed by atoms with van der Waals surface area (Å²) in [5.41, 5.74) is 0.496. The van der Waals surface area contributed by atoms with Gasteiger partial charge >= 0.3 is 11.9 Å². The summed E-state index contributed by atoms with van der Waals surface area (Å²) >= 11 is 0. The van der Waals surface area contributed by atoms with Crippen LogP contribution < -0.4 is 0 Å². The Morgan fingerprint density at radius 3 is 2.50 bits per heavy atom. The molecule has 1 aromatic carbocycles. The first kappa shape index (κ1) is 22.0. The lowest BCUT2D eigenvalue weighted by molar-refractivity contribution is -0.157. The van der Waals surface area contributed by atoms with E-state index in [0.717, 1.165) is 0 Å². The van der Waals surface area contributed by atoms with E-state index in [2.05, 4.69) is 0 Å². The number of ketones is 1. The van der Waals surface area contributed by atoms with E-state index >= 15 is 0 Å². The molecule has 0 amide bonds. The lowest BCUT2D eigenvalue weighted by Gasteiger charge is -2.23. The maximum Gasteiger partial charge on any atom is 0.309 e. The fourth-order valence-corrected chi connectivity index (χ4v) is 3.26. The molecule has 1 aromatic rings. The molecule has 3 unspecified atom stereocenters. The zero-order valence-corrected chi connectivity index (χ0v) is 16.4. The zero-order valence-electron chi connectivity index (χ0n) is 16.4. The maximum absolute atomic E-state index is 12.6. The van der Waals surface area contributed by atoms with Gasteiger partial charge in [-0.1, -0.05) is 37.3 Å². The summed E-state index contributed by atoms with van der Waals surface area (Å²) < 4.78 is 21.3. The van der Waals surface area contributed by atoms with E-state index in [9.17, 15) is 14.4 Å². The van der Waals surface area contributed by atoms with Crippen molar-refractivity contribution in [1.82, 2.24) is 0 Å². The third-order valence-electron chi connectivity index (χ3n) is 4.81. The van der Waals surface area contributed by atoms with Crippen molar-refractivity contribution < 1.29 is 33.3 Å². The molecule has 1 saturated carbocycles. The van der Waals surface area contributed by atoms with Crippen LogP contribution in [-0.4, -0.2) is 57.4 Å². The Balaban J connectivity index is 1.94. The van der Waals surface area contributed by atoms with E-state index in [1.807, 2.05) is 6.07 Å². The van der Waals surface area contributed by atoms with Gasteiger partial charge in [0.05, 0.1) is 25.7 Å². The Labute approximate surface area is 165 Å². The molecule has 0 spiro atoms. The van der Waals surface area contributed by atoms with Crippen LogP contribution in [0.15, 0.2) is 30.3 Å². The minimum absolute atomic E-state index is 0.256. The Morgan fingerprint density at radius 2 is 1.82 bits per heavy atom. The average Bonchev–Trinajstić information content (AvgIpc) is 3.12. The highest BCUT2D eigenvalue weighted by Crippen LogP contribution is 2.35. The smallest absolute Gasteiger partial charge is 0.309 e. The third-order valence-corrected chi connectivity index (χ3v) is 4.81. The van der Waals surface area contributed by atoms with Crippen molar-refractivity contribution in [3.63, 3.8) is 0 Å². The van der Waals surface area contributed by atoms with Gasteiger partial charge in [0.15, 0.2) is 12.4 Å². The third kappa shape index (κ3) is 6.42. The molecule has 0 bridgehead atoms. The van der Waals surface area contributed by atoms with Crippen molar-refractivity contribution in [3.8, 4) is 0 Å². The van der Waals surface area contributed by atoms with E-state index in [0.29, 0.717) is 31.6 Å². The van der Waals surface area contributed by atoms with E-state index in [4.69, 9.17) is 18.9 Å². The van der Waals surface area contributed by atoms with Crippen LogP contribution in [0.3, 0.4) is 0 Å². The van der Waals surface area contributed by atoms with Crippen LogP contribution in [-0.2, 0) is 28.5 Å². The largest absolute Gasteiger partial charge is 0.462 e. The number of hydrogen-bond acceptors (Lipinski definition) is 7. The molecule has 0 aromatic heterocycles. The van der Waals surface area contributed by atoms with E-state index in [-0.39, 0.29) is 37.3 Å². The van der Waals surface area contributed by atoms with Gasteiger partial charge in [0, 0.05) is 25.0 Å². The standard InChI is InChI=1S/C21H28O7/c1-3-20(23)28-19-10-9-16(17(19)13-26-12-11-25-2)21(24)27-14-18(22)15-7-5-4-6-8-15/h4-8,16-17,19H,3,9-14H2,1-2H3. The van der Waals surface area contributed by atoms with Crippen molar-refractivity contribution >= 4 is 17.7 Å². The molecule has 0 aliphatic heterocycles. The Hall–Kier alpha value is -2.25. The number of ether oxygens (including phenoxy) is 4. The average molecular weight is 392 g/mol. The highest BCUT2D eigenvalue weighted by atomic mass is 16.6. The second kappa shape index (κ2) is 11.6. The first-order chi connectivity index (χ1) is 13.6. The minimum atomic E-state index is -0.472. The van der Waals surface area contributed by atoms with Crippen molar-refractivity contribution in [3.05, 3.63) is 35.9 Å². The molecule has 1 fully saturated rings. The van der Waals surface area contributed by atoms with Crippen LogP contribution in [0.25, 0.3) is 0 Å². The van der Waals surface area contributed by atoms with E-state index < -0.39 is 18.0 Å². The molecule has 7 nitrogen and oxygen atoms in total. The summed E-state index contributed by atoms with van der Waals surface area (Å²) in [6, 6.07) is 8.68. The number of hydrogen-bond donors (Lipinski definition) is 0. The summed E-state index contributed by atoms with van der Waals surface area (Å²) in [7, 11) is 1.58. The van der Waals surface area contributed by atoms with Gasteiger partial charge < -0.3 is 18.9 Å². The number of carbonyl (C=O) groups is 3. The SMILES string of the molecule is CCC(=O)OC1CCC(C(=O)OCC(=O)c2ccccc2)C1COCCOC. The summed E-state index contributed by atoms with van der Waals surface area (Å²) in [6.07, 6.45) is 0.973. The number of benzene rings is 1. The van der Waals surface area contributed by atoms with Gasteiger partial charge in [-0.05, 0) is 12.8 Å². The molecule has 28 heavy (non-hydrogen) atoms. The molecule has 1 aliphatic carbocycles.